The second kappa shape index (κ2) is 4.75. The molecule has 2 aromatic carbocycles. The van der Waals surface area contributed by atoms with Crippen LogP contribution in [0.5, 0.6) is 11.5 Å². The van der Waals surface area contributed by atoms with Crippen LogP contribution in [-0.2, 0) is 0 Å². The second-order valence-electron chi connectivity index (χ2n) is 4.11. The van der Waals surface area contributed by atoms with Crippen molar-refractivity contribution in [2.45, 2.75) is 16.2 Å². The number of rotatable bonds is 2. The zero-order valence-electron chi connectivity index (χ0n) is 10.1. The molecule has 2 N–H and O–H groups in total. The molecule has 0 unspecified atom stereocenters. The highest BCUT2D eigenvalue weighted by Gasteiger charge is 2.11. The lowest BCUT2D eigenvalue weighted by atomic mass is 10.2. The van der Waals surface area contributed by atoms with Crippen molar-refractivity contribution in [3.63, 3.8) is 0 Å². The molecule has 0 spiro atoms. The van der Waals surface area contributed by atoms with Crippen LogP contribution < -0.4 is 0 Å². The summed E-state index contributed by atoms with van der Waals surface area (Å²) in [7, 11) is 0. The van der Waals surface area contributed by atoms with Crippen LogP contribution >= 0.6 is 23.1 Å². The van der Waals surface area contributed by atoms with E-state index in [1.54, 1.807) is 24.3 Å². The van der Waals surface area contributed by atoms with Crippen molar-refractivity contribution >= 4 is 33.3 Å². The minimum atomic E-state index is -0.0915. The third kappa shape index (κ3) is 2.27. The molecule has 0 saturated carbocycles. The lowest BCUT2D eigenvalue weighted by Crippen LogP contribution is -1.81. The van der Waals surface area contributed by atoms with Crippen molar-refractivity contribution in [3.05, 3.63) is 42.0 Å². The molecule has 0 atom stereocenters. The van der Waals surface area contributed by atoms with Gasteiger partial charge in [0.25, 0.3) is 0 Å². The number of thiazole rings is 1. The van der Waals surface area contributed by atoms with Crippen molar-refractivity contribution in [2.24, 2.45) is 0 Å². The molecule has 5 heteroatoms. The van der Waals surface area contributed by atoms with Gasteiger partial charge in [-0.3, -0.25) is 0 Å². The summed E-state index contributed by atoms with van der Waals surface area (Å²) in [5.74, 6) is -0.155. The third-order valence-electron chi connectivity index (χ3n) is 2.83. The van der Waals surface area contributed by atoms with E-state index in [4.69, 9.17) is 0 Å². The Balaban J connectivity index is 1.99. The first-order valence-corrected chi connectivity index (χ1v) is 7.33. The van der Waals surface area contributed by atoms with E-state index in [1.807, 2.05) is 24.3 Å². The molecule has 3 aromatic rings. The second-order valence-corrected chi connectivity index (χ2v) is 6.43. The molecule has 0 amide bonds. The van der Waals surface area contributed by atoms with E-state index in [0.717, 1.165) is 19.5 Å². The van der Waals surface area contributed by atoms with Crippen LogP contribution in [-0.4, -0.2) is 15.2 Å². The maximum atomic E-state index is 9.72. The molecular formula is C14H11NO2S2. The SMILES string of the molecule is Cc1c(Sc2nc3ccccc3s2)ccc(O)c1O. The summed E-state index contributed by atoms with van der Waals surface area (Å²) >= 11 is 3.12. The highest BCUT2D eigenvalue weighted by atomic mass is 32.2. The van der Waals surface area contributed by atoms with Gasteiger partial charge < -0.3 is 10.2 Å². The molecule has 0 radical (unpaired) electrons. The van der Waals surface area contributed by atoms with E-state index >= 15 is 0 Å². The number of hydrogen-bond donors (Lipinski definition) is 2. The van der Waals surface area contributed by atoms with Crippen molar-refractivity contribution in [3.8, 4) is 11.5 Å². The predicted octanol–water partition coefficient (Wildman–Crippen LogP) is 4.17. The largest absolute Gasteiger partial charge is 0.504 e. The van der Waals surface area contributed by atoms with Gasteiger partial charge >= 0.3 is 0 Å². The minimum absolute atomic E-state index is 0.0638. The smallest absolute Gasteiger partial charge is 0.161 e. The topological polar surface area (TPSA) is 53.4 Å². The fourth-order valence-corrected chi connectivity index (χ4v) is 3.89. The van der Waals surface area contributed by atoms with Crippen molar-refractivity contribution in [2.75, 3.05) is 0 Å². The van der Waals surface area contributed by atoms with E-state index in [1.165, 1.54) is 17.8 Å². The Morgan fingerprint density at radius 2 is 1.89 bits per heavy atom. The maximum absolute atomic E-state index is 9.72. The van der Waals surface area contributed by atoms with Crippen molar-refractivity contribution < 1.29 is 10.2 Å². The van der Waals surface area contributed by atoms with Crippen molar-refractivity contribution in [1.82, 2.24) is 4.98 Å². The Bertz CT molecular complexity index is 719. The number of benzene rings is 2. The molecule has 0 saturated heterocycles. The number of aromatic nitrogens is 1. The molecule has 0 aliphatic rings. The Morgan fingerprint density at radius 1 is 1.11 bits per heavy atom. The first-order chi connectivity index (χ1) is 9.15. The molecule has 96 valence electrons. The van der Waals surface area contributed by atoms with Crippen LogP contribution in [0.1, 0.15) is 5.56 Å². The summed E-state index contributed by atoms with van der Waals surface area (Å²) in [6.07, 6.45) is 0. The molecule has 3 nitrogen and oxygen atoms in total. The summed E-state index contributed by atoms with van der Waals surface area (Å²) in [5, 5.41) is 19.2. The molecule has 19 heavy (non-hydrogen) atoms. The normalized spacial score (nSPS) is 11.0. The zero-order valence-corrected chi connectivity index (χ0v) is 11.8. The van der Waals surface area contributed by atoms with Gasteiger partial charge in [-0.1, -0.05) is 23.9 Å². The van der Waals surface area contributed by atoms with E-state index in [2.05, 4.69) is 4.98 Å². The first kappa shape index (κ1) is 12.3. The van der Waals surface area contributed by atoms with Gasteiger partial charge in [0.15, 0.2) is 15.8 Å². The van der Waals surface area contributed by atoms with Crippen LogP contribution in [0.25, 0.3) is 10.2 Å². The number of aromatic hydroxyl groups is 2. The average Bonchev–Trinajstić information content (AvgIpc) is 2.82. The van der Waals surface area contributed by atoms with Gasteiger partial charge in [0.1, 0.15) is 0 Å². The molecule has 1 aromatic heterocycles. The summed E-state index contributed by atoms with van der Waals surface area (Å²) < 4.78 is 2.07. The Labute approximate surface area is 118 Å². The van der Waals surface area contributed by atoms with Gasteiger partial charge in [0.05, 0.1) is 10.2 Å². The van der Waals surface area contributed by atoms with Gasteiger partial charge in [-0.2, -0.15) is 0 Å². The Morgan fingerprint density at radius 3 is 2.68 bits per heavy atom. The van der Waals surface area contributed by atoms with Crippen molar-refractivity contribution in [1.29, 1.82) is 0 Å². The molecule has 0 bridgehead atoms. The average molecular weight is 289 g/mol. The highest BCUT2D eigenvalue weighted by Crippen LogP contribution is 2.40. The summed E-state index contributed by atoms with van der Waals surface area (Å²) in [4.78, 5) is 5.44. The number of fused-ring (bicyclic) bond motifs is 1. The molecule has 0 fully saturated rings. The summed E-state index contributed by atoms with van der Waals surface area (Å²) in [6, 6.07) is 11.3. The molecular weight excluding hydrogens is 278 g/mol. The number of para-hydroxylation sites is 1. The van der Waals surface area contributed by atoms with E-state index in [0.29, 0.717) is 5.56 Å². The van der Waals surface area contributed by atoms with Gasteiger partial charge in [0, 0.05) is 10.5 Å². The van der Waals surface area contributed by atoms with E-state index in [9.17, 15) is 10.2 Å². The van der Waals surface area contributed by atoms with Crippen LogP contribution in [0, 0.1) is 6.92 Å². The Hall–Kier alpha value is -1.72. The van der Waals surface area contributed by atoms with E-state index < -0.39 is 0 Å². The predicted molar refractivity (Wildman–Crippen MR) is 78.3 cm³/mol. The monoisotopic (exact) mass is 289 g/mol. The van der Waals surface area contributed by atoms with Crippen LogP contribution in [0.3, 0.4) is 0 Å². The Kier molecular flexibility index (Phi) is 3.08. The summed E-state index contributed by atoms with van der Waals surface area (Å²) in [6.45, 7) is 1.78. The number of nitrogens with zero attached hydrogens (tertiary/aromatic N) is 1. The molecule has 3 rings (SSSR count). The van der Waals surface area contributed by atoms with Crippen LogP contribution in [0.4, 0.5) is 0 Å². The maximum Gasteiger partial charge on any atom is 0.161 e. The van der Waals surface area contributed by atoms with Gasteiger partial charge in [-0.15, -0.1) is 11.3 Å². The van der Waals surface area contributed by atoms with Gasteiger partial charge in [0.2, 0.25) is 0 Å². The van der Waals surface area contributed by atoms with Gasteiger partial charge in [-0.25, -0.2) is 4.98 Å². The summed E-state index contributed by atoms with van der Waals surface area (Å²) in [5.41, 5.74) is 1.65. The zero-order chi connectivity index (χ0) is 13.4. The third-order valence-corrected chi connectivity index (χ3v) is 5.09. The van der Waals surface area contributed by atoms with Gasteiger partial charge in [-0.05, 0) is 31.2 Å². The fraction of sp³-hybridized carbons (Fsp3) is 0.0714. The lowest BCUT2D eigenvalue weighted by Gasteiger charge is -2.06. The highest BCUT2D eigenvalue weighted by molar-refractivity contribution is 8.01. The first-order valence-electron chi connectivity index (χ1n) is 5.70. The fourth-order valence-electron chi connectivity index (χ4n) is 1.77. The number of phenolic OH excluding ortho intramolecular Hbond substituents is 2. The minimum Gasteiger partial charge on any atom is -0.504 e. The van der Waals surface area contributed by atoms with Crippen LogP contribution in [0.15, 0.2) is 45.6 Å². The molecule has 0 aliphatic heterocycles. The number of hydrogen-bond acceptors (Lipinski definition) is 5. The lowest BCUT2D eigenvalue weighted by molar-refractivity contribution is 0.399. The quantitative estimate of drug-likeness (QED) is 0.695. The van der Waals surface area contributed by atoms with Crippen LogP contribution in [0.2, 0.25) is 0 Å². The van der Waals surface area contributed by atoms with E-state index in [-0.39, 0.29) is 11.5 Å². The molecule has 1 heterocycles. The molecule has 0 aliphatic carbocycles. The number of phenols is 2. The standard InChI is InChI=1S/C14H11NO2S2/c1-8-11(7-6-10(16)13(8)17)18-14-15-9-4-2-3-5-12(9)19-14/h2-7,16-17H,1H3.